The average Bonchev–Trinajstić information content (AvgIpc) is 3.35. The van der Waals surface area contributed by atoms with Gasteiger partial charge in [0.25, 0.3) is 5.89 Å². The summed E-state index contributed by atoms with van der Waals surface area (Å²) in [5.41, 5.74) is 2.27. The van der Waals surface area contributed by atoms with Crippen LogP contribution in [0.2, 0.25) is 0 Å². The lowest BCUT2D eigenvalue weighted by atomic mass is 10.1. The van der Waals surface area contributed by atoms with E-state index in [1.54, 1.807) is 26.2 Å². The fourth-order valence-corrected chi connectivity index (χ4v) is 2.96. The van der Waals surface area contributed by atoms with Crippen molar-refractivity contribution in [3.05, 3.63) is 52.7 Å². The van der Waals surface area contributed by atoms with E-state index in [2.05, 4.69) is 15.1 Å². The summed E-state index contributed by atoms with van der Waals surface area (Å²) in [6, 6.07) is 7.23. The molecular weight excluding hydrogens is 378 g/mol. The summed E-state index contributed by atoms with van der Waals surface area (Å²) in [4.78, 5) is 31.7. The minimum Gasteiger partial charge on any atom is -0.496 e. The van der Waals surface area contributed by atoms with Gasteiger partial charge < -0.3 is 23.7 Å². The number of H-pyrrole nitrogens is 1. The van der Waals surface area contributed by atoms with Gasteiger partial charge in [-0.05, 0) is 31.0 Å². The molecule has 0 spiro atoms. The van der Waals surface area contributed by atoms with Crippen molar-refractivity contribution in [1.82, 2.24) is 15.1 Å². The van der Waals surface area contributed by atoms with Crippen LogP contribution in [0.25, 0.3) is 11.4 Å². The zero-order chi connectivity index (χ0) is 21.0. The maximum Gasteiger partial charge on any atom is 0.355 e. The zero-order valence-electron chi connectivity index (χ0n) is 16.6. The Kier molecular flexibility index (Phi) is 5.96. The van der Waals surface area contributed by atoms with Crippen LogP contribution in [0.15, 0.2) is 28.8 Å². The van der Waals surface area contributed by atoms with E-state index in [9.17, 15) is 9.59 Å². The van der Waals surface area contributed by atoms with Crippen molar-refractivity contribution < 1.29 is 28.3 Å². The number of nitrogens with one attached hydrogen (secondary N) is 1. The highest BCUT2D eigenvalue weighted by molar-refractivity contribution is 5.98. The number of para-hydroxylation sites is 1. The number of methoxy groups -OCH3 is 2. The molecule has 29 heavy (non-hydrogen) atoms. The van der Waals surface area contributed by atoms with Gasteiger partial charge in [-0.25, -0.2) is 9.59 Å². The number of rotatable bonds is 7. The number of aryl methyl sites for hydroxylation is 1. The van der Waals surface area contributed by atoms with Crippen LogP contribution >= 0.6 is 0 Å². The lowest BCUT2D eigenvalue weighted by molar-refractivity contribution is 0.0422. The second-order valence-electron chi connectivity index (χ2n) is 6.11. The molecule has 0 saturated heterocycles. The molecule has 0 unspecified atom stereocenters. The van der Waals surface area contributed by atoms with Crippen molar-refractivity contribution >= 4 is 11.9 Å². The second kappa shape index (κ2) is 8.59. The Hall–Kier alpha value is -3.62. The molecule has 0 bridgehead atoms. The van der Waals surface area contributed by atoms with Gasteiger partial charge in [-0.15, -0.1) is 0 Å². The minimum absolute atomic E-state index is 0.132. The molecule has 0 aliphatic rings. The van der Waals surface area contributed by atoms with Crippen molar-refractivity contribution in [2.75, 3.05) is 14.2 Å². The highest BCUT2D eigenvalue weighted by Crippen LogP contribution is 2.27. The van der Waals surface area contributed by atoms with Crippen molar-refractivity contribution in [2.24, 2.45) is 0 Å². The summed E-state index contributed by atoms with van der Waals surface area (Å²) in [6.07, 6.45) is 0.532. The Morgan fingerprint density at radius 2 is 1.93 bits per heavy atom. The summed E-state index contributed by atoms with van der Waals surface area (Å²) in [5, 5.41) is 3.90. The molecule has 0 amide bonds. The highest BCUT2D eigenvalue weighted by atomic mass is 16.6. The van der Waals surface area contributed by atoms with Crippen LogP contribution < -0.4 is 4.74 Å². The number of benzene rings is 1. The van der Waals surface area contributed by atoms with Gasteiger partial charge in [0.2, 0.25) is 5.82 Å². The fraction of sp³-hybridized carbons (Fsp3) is 0.300. The number of aromatic nitrogens is 3. The summed E-state index contributed by atoms with van der Waals surface area (Å²) >= 11 is 0. The van der Waals surface area contributed by atoms with E-state index in [1.807, 2.05) is 19.1 Å². The third-order valence-corrected chi connectivity index (χ3v) is 4.42. The molecule has 152 valence electrons. The molecule has 0 aliphatic carbocycles. The van der Waals surface area contributed by atoms with E-state index in [0.717, 1.165) is 0 Å². The Morgan fingerprint density at radius 3 is 2.62 bits per heavy atom. The molecule has 9 nitrogen and oxygen atoms in total. The molecule has 3 rings (SSSR count). The molecule has 2 heterocycles. The molecule has 9 heteroatoms. The summed E-state index contributed by atoms with van der Waals surface area (Å²) in [6.45, 7) is 3.31. The molecule has 0 aliphatic heterocycles. The SMILES string of the molecule is CCc1[nH]c(C(=O)OCc2nc(-c3ccccc3OC)no2)c(C)c1C(=O)OC. The first-order valence-corrected chi connectivity index (χ1v) is 8.92. The molecule has 0 saturated carbocycles. The molecule has 0 atom stereocenters. The van der Waals surface area contributed by atoms with Gasteiger partial charge >= 0.3 is 11.9 Å². The van der Waals surface area contributed by atoms with E-state index in [4.69, 9.17) is 18.7 Å². The number of esters is 2. The quantitative estimate of drug-likeness (QED) is 0.603. The number of nitrogens with zero attached hydrogens (tertiary/aromatic N) is 2. The Bertz CT molecular complexity index is 1040. The summed E-state index contributed by atoms with van der Waals surface area (Å²) < 4.78 is 20.5. The van der Waals surface area contributed by atoms with Gasteiger partial charge in [-0.2, -0.15) is 4.98 Å². The van der Waals surface area contributed by atoms with E-state index in [-0.39, 0.29) is 18.2 Å². The largest absolute Gasteiger partial charge is 0.496 e. The third kappa shape index (κ3) is 3.98. The maximum absolute atomic E-state index is 12.5. The van der Waals surface area contributed by atoms with Crippen LogP contribution in [-0.2, 0) is 22.5 Å². The molecule has 1 N–H and O–H groups in total. The number of hydrogen-bond donors (Lipinski definition) is 1. The highest BCUT2D eigenvalue weighted by Gasteiger charge is 2.25. The first kappa shape index (κ1) is 20.1. The fourth-order valence-electron chi connectivity index (χ4n) is 2.96. The smallest absolute Gasteiger partial charge is 0.355 e. The summed E-state index contributed by atoms with van der Waals surface area (Å²) in [5.74, 6) is -0.0862. The number of hydrogen-bond acceptors (Lipinski definition) is 8. The Labute approximate surface area is 167 Å². The maximum atomic E-state index is 12.5. The standard InChI is InChI=1S/C20H21N3O6/c1-5-13-16(19(24)27-4)11(2)17(21-13)20(25)28-10-15-22-18(23-29-15)12-8-6-7-9-14(12)26-3/h6-9,21H,5,10H2,1-4H3. The molecule has 0 radical (unpaired) electrons. The molecule has 1 aromatic carbocycles. The van der Waals surface area contributed by atoms with Crippen LogP contribution in [0, 0.1) is 6.92 Å². The van der Waals surface area contributed by atoms with Crippen LogP contribution in [0.5, 0.6) is 5.75 Å². The van der Waals surface area contributed by atoms with Crippen molar-refractivity contribution in [3.8, 4) is 17.1 Å². The normalized spacial score (nSPS) is 10.6. The van der Waals surface area contributed by atoms with Crippen molar-refractivity contribution in [2.45, 2.75) is 26.9 Å². The third-order valence-electron chi connectivity index (χ3n) is 4.42. The first-order valence-electron chi connectivity index (χ1n) is 8.92. The average molecular weight is 399 g/mol. The van der Waals surface area contributed by atoms with Gasteiger partial charge in [-0.3, -0.25) is 0 Å². The Morgan fingerprint density at radius 1 is 1.17 bits per heavy atom. The van der Waals surface area contributed by atoms with Crippen LogP contribution in [0.4, 0.5) is 0 Å². The predicted molar refractivity (Wildman–Crippen MR) is 102 cm³/mol. The molecular formula is C20H21N3O6. The van der Waals surface area contributed by atoms with Crippen LogP contribution in [0.1, 0.15) is 44.9 Å². The van der Waals surface area contributed by atoms with E-state index in [0.29, 0.717) is 40.4 Å². The minimum atomic E-state index is -0.635. The number of carbonyl (C=O) groups excluding carboxylic acids is 2. The first-order chi connectivity index (χ1) is 14.0. The van der Waals surface area contributed by atoms with Gasteiger partial charge in [0, 0.05) is 5.69 Å². The van der Waals surface area contributed by atoms with E-state index >= 15 is 0 Å². The summed E-state index contributed by atoms with van der Waals surface area (Å²) in [7, 11) is 2.84. The lowest BCUT2D eigenvalue weighted by Gasteiger charge is -2.03. The predicted octanol–water partition coefficient (Wildman–Crippen LogP) is 3.09. The Balaban J connectivity index is 1.75. The van der Waals surface area contributed by atoms with Crippen LogP contribution in [0.3, 0.4) is 0 Å². The van der Waals surface area contributed by atoms with E-state index < -0.39 is 11.9 Å². The van der Waals surface area contributed by atoms with Gasteiger partial charge in [0.05, 0.1) is 25.3 Å². The van der Waals surface area contributed by atoms with E-state index in [1.165, 1.54) is 7.11 Å². The monoisotopic (exact) mass is 399 g/mol. The topological polar surface area (TPSA) is 117 Å². The van der Waals surface area contributed by atoms with Crippen LogP contribution in [-0.4, -0.2) is 41.3 Å². The zero-order valence-corrected chi connectivity index (χ0v) is 16.6. The molecule has 3 aromatic rings. The van der Waals surface area contributed by atoms with Gasteiger partial charge in [0.15, 0.2) is 6.61 Å². The number of aromatic amines is 1. The number of ether oxygens (including phenoxy) is 3. The van der Waals surface area contributed by atoms with Gasteiger partial charge in [-0.1, -0.05) is 24.2 Å². The van der Waals surface area contributed by atoms with Gasteiger partial charge in [0.1, 0.15) is 11.4 Å². The molecule has 2 aromatic heterocycles. The van der Waals surface area contributed by atoms with Crippen molar-refractivity contribution in [3.63, 3.8) is 0 Å². The van der Waals surface area contributed by atoms with Crippen molar-refractivity contribution in [1.29, 1.82) is 0 Å². The number of carbonyl (C=O) groups is 2. The second-order valence-corrected chi connectivity index (χ2v) is 6.11. The lowest BCUT2D eigenvalue weighted by Crippen LogP contribution is -2.08. The molecule has 0 fully saturated rings.